The van der Waals surface area contributed by atoms with E-state index in [1.54, 1.807) is 13.0 Å². The lowest BCUT2D eigenvalue weighted by Gasteiger charge is -2.21. The van der Waals surface area contributed by atoms with E-state index in [4.69, 9.17) is 4.84 Å². The molecule has 14 heteroatoms. The van der Waals surface area contributed by atoms with Crippen molar-refractivity contribution in [3.05, 3.63) is 41.5 Å². The van der Waals surface area contributed by atoms with Gasteiger partial charge in [-0.3, -0.25) is 0 Å². The maximum atomic E-state index is 14.4. The summed E-state index contributed by atoms with van der Waals surface area (Å²) in [6, 6.07) is 4.02. The molecule has 0 spiro atoms. The standard InChI is InChI=1S/C16H21FN6O5S2/c1-11-4-7-14(17)13(8-11)15(21-28-3)9-22(12-5-6-12)29(24,25)16-19-10-23(20-16)30(26,27)18-2/h4,7-8,10,12,18H,5-6,9H2,1-3H3/b21-15+. The molecule has 1 fully saturated rings. The fraction of sp³-hybridized carbons (Fsp3) is 0.438. The number of aryl methyl sites for hydroxylation is 1. The molecule has 2 aromatic rings. The van der Waals surface area contributed by atoms with Gasteiger partial charge in [0.15, 0.2) is 0 Å². The van der Waals surface area contributed by atoms with E-state index in [2.05, 4.69) is 15.2 Å². The number of nitrogens with zero attached hydrogens (tertiary/aromatic N) is 5. The van der Waals surface area contributed by atoms with Gasteiger partial charge >= 0.3 is 10.2 Å². The van der Waals surface area contributed by atoms with Crippen molar-refractivity contribution in [3.8, 4) is 0 Å². The molecule has 1 heterocycles. The summed E-state index contributed by atoms with van der Waals surface area (Å²) in [6.45, 7) is 1.47. The summed E-state index contributed by atoms with van der Waals surface area (Å²) >= 11 is 0. The first kappa shape index (κ1) is 22.3. The monoisotopic (exact) mass is 460 g/mol. The Bertz CT molecular complexity index is 1170. The molecule has 11 nitrogen and oxygen atoms in total. The molecule has 0 aliphatic heterocycles. The van der Waals surface area contributed by atoms with Gasteiger partial charge in [0.25, 0.3) is 15.2 Å². The summed E-state index contributed by atoms with van der Waals surface area (Å²) in [4.78, 5) is 8.46. The van der Waals surface area contributed by atoms with Gasteiger partial charge in [-0.25, -0.2) is 17.8 Å². The predicted molar refractivity (Wildman–Crippen MR) is 105 cm³/mol. The molecule has 1 aliphatic rings. The molecule has 0 radical (unpaired) electrons. The molecule has 1 saturated carbocycles. The minimum atomic E-state index is -4.29. The molecule has 1 aliphatic carbocycles. The Morgan fingerprint density at radius 1 is 1.37 bits per heavy atom. The average Bonchev–Trinajstić information content (AvgIpc) is 3.39. The van der Waals surface area contributed by atoms with Gasteiger partial charge in [-0.2, -0.15) is 17.4 Å². The highest BCUT2D eigenvalue weighted by Crippen LogP contribution is 2.31. The van der Waals surface area contributed by atoms with Crippen molar-refractivity contribution >= 4 is 25.9 Å². The van der Waals surface area contributed by atoms with Crippen LogP contribution in [0.25, 0.3) is 0 Å². The second kappa shape index (κ2) is 8.37. The van der Waals surface area contributed by atoms with Crippen LogP contribution in [0.4, 0.5) is 4.39 Å². The van der Waals surface area contributed by atoms with E-state index in [9.17, 15) is 21.2 Å². The van der Waals surface area contributed by atoms with Gasteiger partial charge in [0, 0.05) is 18.7 Å². The number of aromatic nitrogens is 3. The first-order valence-corrected chi connectivity index (χ1v) is 11.7. The smallest absolute Gasteiger partial charge is 0.321 e. The van der Waals surface area contributed by atoms with Crippen LogP contribution in [0.2, 0.25) is 0 Å². The number of oxime groups is 1. The van der Waals surface area contributed by atoms with Crippen molar-refractivity contribution in [2.24, 2.45) is 5.16 Å². The van der Waals surface area contributed by atoms with E-state index >= 15 is 0 Å². The number of hydrogen-bond acceptors (Lipinski definition) is 8. The Kier molecular flexibility index (Phi) is 6.21. The third-order valence-electron chi connectivity index (χ3n) is 4.39. The fourth-order valence-corrected chi connectivity index (χ4v) is 4.79. The molecule has 1 aromatic carbocycles. The lowest BCUT2D eigenvalue weighted by atomic mass is 10.1. The highest BCUT2D eigenvalue weighted by molar-refractivity contribution is 7.89. The van der Waals surface area contributed by atoms with Crippen LogP contribution in [-0.2, 0) is 25.1 Å². The molecule has 164 valence electrons. The Morgan fingerprint density at radius 3 is 2.67 bits per heavy atom. The molecule has 1 aromatic heterocycles. The van der Waals surface area contributed by atoms with Gasteiger partial charge in [0.05, 0.1) is 6.54 Å². The third-order valence-corrected chi connectivity index (χ3v) is 7.27. The molecule has 0 bridgehead atoms. The second-order valence-electron chi connectivity index (χ2n) is 6.59. The zero-order valence-electron chi connectivity index (χ0n) is 16.5. The number of benzene rings is 1. The fourth-order valence-electron chi connectivity index (χ4n) is 2.72. The maximum absolute atomic E-state index is 14.4. The molecule has 0 saturated heterocycles. The van der Waals surface area contributed by atoms with Crippen molar-refractivity contribution < 1.29 is 26.1 Å². The number of nitrogens with one attached hydrogen (secondary N) is 1. The number of sulfonamides is 1. The Balaban J connectivity index is 1.99. The maximum Gasteiger partial charge on any atom is 0.321 e. The molecular formula is C16H21FN6O5S2. The summed E-state index contributed by atoms with van der Waals surface area (Å²) < 4.78 is 67.9. The van der Waals surface area contributed by atoms with Crippen molar-refractivity contribution in [1.29, 1.82) is 0 Å². The summed E-state index contributed by atoms with van der Waals surface area (Å²) in [7, 11) is -5.90. The molecular weight excluding hydrogens is 439 g/mol. The lowest BCUT2D eigenvalue weighted by molar-refractivity contribution is 0.212. The largest absolute Gasteiger partial charge is 0.399 e. The Hall–Kier alpha value is -2.42. The second-order valence-corrected chi connectivity index (χ2v) is 10.1. The van der Waals surface area contributed by atoms with E-state index in [-0.39, 0.29) is 23.9 Å². The highest BCUT2D eigenvalue weighted by Gasteiger charge is 2.41. The minimum Gasteiger partial charge on any atom is -0.399 e. The van der Waals surface area contributed by atoms with E-state index in [0.29, 0.717) is 16.9 Å². The first-order valence-electron chi connectivity index (χ1n) is 8.84. The summed E-state index contributed by atoms with van der Waals surface area (Å²) in [5.74, 6) is -0.577. The van der Waals surface area contributed by atoms with Crippen molar-refractivity contribution in [2.75, 3.05) is 20.7 Å². The molecule has 0 amide bonds. The third kappa shape index (κ3) is 4.50. The van der Waals surface area contributed by atoms with E-state index in [0.717, 1.165) is 23.2 Å². The zero-order valence-corrected chi connectivity index (χ0v) is 18.1. The average molecular weight is 461 g/mol. The van der Waals surface area contributed by atoms with Gasteiger partial charge in [-0.05, 0) is 31.9 Å². The molecule has 3 rings (SSSR count). The normalized spacial score (nSPS) is 15.6. The first-order chi connectivity index (χ1) is 14.1. The topological polar surface area (TPSA) is 136 Å². The summed E-state index contributed by atoms with van der Waals surface area (Å²) in [6.07, 6.45) is 1.96. The van der Waals surface area contributed by atoms with Crippen LogP contribution in [-0.4, -0.2) is 67.8 Å². The SMILES string of the molecule is CNS(=O)(=O)n1cnc(S(=O)(=O)N(C/C(=N\OC)c2cc(C)ccc2F)C2CC2)n1. The number of hydrogen-bond donors (Lipinski definition) is 1. The van der Waals surface area contributed by atoms with Gasteiger partial charge in [0.1, 0.15) is 25.0 Å². The van der Waals surface area contributed by atoms with E-state index in [1.807, 2.05) is 4.72 Å². The minimum absolute atomic E-state index is 0.0662. The van der Waals surface area contributed by atoms with E-state index in [1.165, 1.54) is 19.2 Å². The van der Waals surface area contributed by atoms with Crippen LogP contribution in [0.5, 0.6) is 0 Å². The molecule has 0 unspecified atom stereocenters. The summed E-state index contributed by atoms with van der Waals surface area (Å²) in [5, 5.41) is 6.74. The van der Waals surface area contributed by atoms with Crippen molar-refractivity contribution in [3.63, 3.8) is 0 Å². The van der Waals surface area contributed by atoms with Crippen LogP contribution in [0.15, 0.2) is 34.8 Å². The van der Waals surface area contributed by atoms with Gasteiger partial charge < -0.3 is 4.84 Å². The van der Waals surface area contributed by atoms with Crippen molar-refractivity contribution in [2.45, 2.75) is 31.0 Å². The highest BCUT2D eigenvalue weighted by atomic mass is 32.2. The Labute approximate surface area is 173 Å². The van der Waals surface area contributed by atoms with Gasteiger partial charge in [0.2, 0.25) is 0 Å². The van der Waals surface area contributed by atoms with Crippen LogP contribution in [0.1, 0.15) is 24.0 Å². The van der Waals surface area contributed by atoms with Gasteiger partial charge in [-0.15, -0.1) is 9.19 Å². The molecule has 1 N–H and O–H groups in total. The van der Waals surface area contributed by atoms with Gasteiger partial charge in [-0.1, -0.05) is 16.8 Å². The predicted octanol–water partition coefficient (Wildman–Crippen LogP) is 0.242. The Morgan fingerprint density at radius 2 is 2.07 bits per heavy atom. The number of rotatable bonds is 9. The molecule has 30 heavy (non-hydrogen) atoms. The van der Waals surface area contributed by atoms with Crippen LogP contribution in [0, 0.1) is 12.7 Å². The molecule has 0 atom stereocenters. The van der Waals surface area contributed by atoms with Crippen LogP contribution < -0.4 is 4.72 Å². The zero-order chi connectivity index (χ0) is 22.1. The quantitative estimate of drug-likeness (QED) is 0.418. The lowest BCUT2D eigenvalue weighted by Crippen LogP contribution is -2.39. The number of halogens is 1. The van der Waals surface area contributed by atoms with Crippen molar-refractivity contribution in [1.82, 2.24) is 23.2 Å². The van der Waals surface area contributed by atoms with E-state index < -0.39 is 31.2 Å². The van der Waals surface area contributed by atoms with Crippen LogP contribution in [0.3, 0.4) is 0 Å². The van der Waals surface area contributed by atoms with Crippen LogP contribution >= 0.6 is 0 Å². The summed E-state index contributed by atoms with van der Waals surface area (Å²) in [5.41, 5.74) is 0.930.